The molecule has 0 spiro atoms. The van der Waals surface area contributed by atoms with Gasteiger partial charge in [-0.05, 0) is 31.6 Å². The normalized spacial score (nSPS) is 29.6. The molecule has 4 unspecified atom stereocenters. The number of carbonyl (C=O) groups excluding carboxylic acids is 1. The number of aliphatic hydroxyl groups is 1. The van der Waals surface area contributed by atoms with Gasteiger partial charge >= 0.3 is 5.97 Å². The standard InChI is InChI=1S/C13H23NO4/c1-3-9(7-15)14-12(16)10-5-4-8(2)6-11(10)13(17)18/h8-11,15H,3-7H2,1-2H3,(H,14,16)(H,17,18). The van der Waals surface area contributed by atoms with Gasteiger partial charge in [0.25, 0.3) is 0 Å². The minimum Gasteiger partial charge on any atom is -0.481 e. The number of aliphatic carboxylic acids is 1. The van der Waals surface area contributed by atoms with E-state index in [-0.39, 0.29) is 18.6 Å². The molecule has 1 amide bonds. The zero-order valence-electron chi connectivity index (χ0n) is 11.1. The van der Waals surface area contributed by atoms with Crippen LogP contribution in [0, 0.1) is 17.8 Å². The third-order valence-corrected chi connectivity index (χ3v) is 3.83. The van der Waals surface area contributed by atoms with E-state index in [2.05, 4.69) is 5.32 Å². The lowest BCUT2D eigenvalue weighted by Crippen LogP contribution is -2.45. The van der Waals surface area contributed by atoms with Crippen molar-refractivity contribution >= 4 is 11.9 Å². The number of carboxylic acids is 1. The Hall–Kier alpha value is -1.10. The number of rotatable bonds is 5. The second kappa shape index (κ2) is 6.73. The number of nitrogens with one attached hydrogen (secondary N) is 1. The van der Waals surface area contributed by atoms with Crippen LogP contribution < -0.4 is 5.32 Å². The first-order valence-corrected chi connectivity index (χ1v) is 6.63. The van der Waals surface area contributed by atoms with Gasteiger partial charge in [0.15, 0.2) is 0 Å². The molecule has 5 nitrogen and oxygen atoms in total. The predicted molar refractivity (Wildman–Crippen MR) is 66.9 cm³/mol. The van der Waals surface area contributed by atoms with Crippen molar-refractivity contribution in [1.82, 2.24) is 5.32 Å². The largest absolute Gasteiger partial charge is 0.481 e. The number of carbonyl (C=O) groups is 2. The number of hydrogen-bond acceptors (Lipinski definition) is 3. The van der Waals surface area contributed by atoms with Crippen molar-refractivity contribution in [3.05, 3.63) is 0 Å². The van der Waals surface area contributed by atoms with E-state index in [1.807, 2.05) is 13.8 Å². The first kappa shape index (κ1) is 15.0. The molecule has 0 heterocycles. The summed E-state index contributed by atoms with van der Waals surface area (Å²) in [6, 6.07) is -0.272. The highest BCUT2D eigenvalue weighted by Gasteiger charge is 2.38. The summed E-state index contributed by atoms with van der Waals surface area (Å²) in [5.41, 5.74) is 0. The fraction of sp³-hybridized carbons (Fsp3) is 0.846. The van der Waals surface area contributed by atoms with E-state index in [1.165, 1.54) is 0 Å². The van der Waals surface area contributed by atoms with Crippen LogP contribution in [0.5, 0.6) is 0 Å². The highest BCUT2D eigenvalue weighted by atomic mass is 16.4. The van der Waals surface area contributed by atoms with Crippen LogP contribution in [0.4, 0.5) is 0 Å². The van der Waals surface area contributed by atoms with E-state index in [1.54, 1.807) is 0 Å². The van der Waals surface area contributed by atoms with Gasteiger partial charge in [0.1, 0.15) is 0 Å². The molecule has 0 radical (unpaired) electrons. The Morgan fingerprint density at radius 1 is 1.33 bits per heavy atom. The van der Waals surface area contributed by atoms with Crippen LogP contribution in [-0.2, 0) is 9.59 Å². The maximum absolute atomic E-state index is 12.1. The van der Waals surface area contributed by atoms with E-state index in [4.69, 9.17) is 5.11 Å². The first-order chi connectivity index (χ1) is 8.49. The van der Waals surface area contributed by atoms with Crippen LogP contribution in [0.1, 0.15) is 39.5 Å². The first-order valence-electron chi connectivity index (χ1n) is 6.63. The van der Waals surface area contributed by atoms with Crippen LogP contribution in [0.2, 0.25) is 0 Å². The summed E-state index contributed by atoms with van der Waals surface area (Å²) in [6.07, 6.45) is 2.70. The van der Waals surface area contributed by atoms with Crippen LogP contribution in [0.25, 0.3) is 0 Å². The SMILES string of the molecule is CCC(CO)NC(=O)C1CCC(C)CC1C(=O)O. The van der Waals surface area contributed by atoms with E-state index in [9.17, 15) is 14.7 Å². The van der Waals surface area contributed by atoms with Gasteiger partial charge in [-0.1, -0.05) is 13.8 Å². The van der Waals surface area contributed by atoms with Gasteiger partial charge in [0.2, 0.25) is 5.91 Å². The molecule has 4 atom stereocenters. The van der Waals surface area contributed by atoms with Crippen molar-refractivity contribution in [1.29, 1.82) is 0 Å². The Balaban J connectivity index is 2.67. The number of carboxylic acid groups (broad SMARTS) is 1. The highest BCUT2D eigenvalue weighted by Crippen LogP contribution is 2.34. The Kier molecular flexibility index (Phi) is 5.59. The lowest BCUT2D eigenvalue weighted by atomic mass is 9.74. The van der Waals surface area contributed by atoms with Gasteiger partial charge in [-0.3, -0.25) is 9.59 Å². The van der Waals surface area contributed by atoms with E-state index in [0.717, 1.165) is 6.42 Å². The fourth-order valence-electron chi connectivity index (χ4n) is 2.55. The molecule has 5 heteroatoms. The molecule has 0 aromatic heterocycles. The van der Waals surface area contributed by atoms with Gasteiger partial charge in [-0.2, -0.15) is 0 Å². The third-order valence-electron chi connectivity index (χ3n) is 3.83. The van der Waals surface area contributed by atoms with Crippen molar-refractivity contribution in [2.24, 2.45) is 17.8 Å². The average Bonchev–Trinajstić information content (AvgIpc) is 2.35. The maximum Gasteiger partial charge on any atom is 0.307 e. The summed E-state index contributed by atoms with van der Waals surface area (Å²) < 4.78 is 0. The fourth-order valence-corrected chi connectivity index (χ4v) is 2.55. The van der Waals surface area contributed by atoms with E-state index < -0.39 is 17.8 Å². The Morgan fingerprint density at radius 3 is 2.50 bits per heavy atom. The molecule has 18 heavy (non-hydrogen) atoms. The molecule has 1 aliphatic carbocycles. The summed E-state index contributed by atoms with van der Waals surface area (Å²) in [5, 5.41) is 21.0. The summed E-state index contributed by atoms with van der Waals surface area (Å²) in [5.74, 6) is -1.81. The van der Waals surface area contributed by atoms with Gasteiger partial charge < -0.3 is 15.5 Å². The Labute approximate surface area is 108 Å². The van der Waals surface area contributed by atoms with Crippen LogP contribution in [0.3, 0.4) is 0 Å². The molecule has 0 aromatic rings. The zero-order valence-corrected chi connectivity index (χ0v) is 11.1. The van der Waals surface area contributed by atoms with Crippen LogP contribution in [-0.4, -0.2) is 34.7 Å². The van der Waals surface area contributed by atoms with Gasteiger partial charge in [0.05, 0.1) is 24.5 Å². The molecular formula is C13H23NO4. The molecule has 104 valence electrons. The molecule has 1 aliphatic rings. The van der Waals surface area contributed by atoms with Crippen LogP contribution >= 0.6 is 0 Å². The molecule has 0 bridgehead atoms. The van der Waals surface area contributed by atoms with Gasteiger partial charge in [-0.15, -0.1) is 0 Å². The molecule has 1 saturated carbocycles. The maximum atomic E-state index is 12.1. The topological polar surface area (TPSA) is 86.6 Å². The second-order valence-electron chi connectivity index (χ2n) is 5.27. The summed E-state index contributed by atoms with van der Waals surface area (Å²) in [4.78, 5) is 23.3. The van der Waals surface area contributed by atoms with Crippen molar-refractivity contribution in [3.63, 3.8) is 0 Å². The lowest BCUT2D eigenvalue weighted by molar-refractivity contribution is -0.150. The van der Waals surface area contributed by atoms with Crippen molar-refractivity contribution < 1.29 is 19.8 Å². The van der Waals surface area contributed by atoms with Gasteiger partial charge in [-0.25, -0.2) is 0 Å². The molecule has 0 aliphatic heterocycles. The van der Waals surface area contributed by atoms with Gasteiger partial charge in [0, 0.05) is 0 Å². The zero-order chi connectivity index (χ0) is 13.7. The predicted octanol–water partition coefficient (Wildman–Crippen LogP) is 1.01. The average molecular weight is 257 g/mol. The van der Waals surface area contributed by atoms with Crippen molar-refractivity contribution in [2.75, 3.05) is 6.61 Å². The third kappa shape index (κ3) is 3.70. The molecule has 1 rings (SSSR count). The summed E-state index contributed by atoms with van der Waals surface area (Å²) >= 11 is 0. The molecule has 0 saturated heterocycles. The molecule has 1 fully saturated rings. The minimum atomic E-state index is -0.890. The lowest BCUT2D eigenvalue weighted by Gasteiger charge is -2.32. The Bertz CT molecular complexity index is 301. The number of amides is 1. The minimum absolute atomic E-state index is 0.108. The molecular weight excluding hydrogens is 234 g/mol. The number of hydrogen-bond donors (Lipinski definition) is 3. The molecule has 0 aromatic carbocycles. The second-order valence-corrected chi connectivity index (χ2v) is 5.27. The molecule has 3 N–H and O–H groups in total. The summed E-state index contributed by atoms with van der Waals surface area (Å²) in [7, 11) is 0. The van der Waals surface area contributed by atoms with Crippen molar-refractivity contribution in [3.8, 4) is 0 Å². The number of aliphatic hydroxyl groups excluding tert-OH is 1. The summed E-state index contributed by atoms with van der Waals surface area (Å²) in [6.45, 7) is 3.79. The Morgan fingerprint density at radius 2 is 2.00 bits per heavy atom. The van der Waals surface area contributed by atoms with E-state index >= 15 is 0 Å². The highest BCUT2D eigenvalue weighted by molar-refractivity contribution is 5.85. The van der Waals surface area contributed by atoms with E-state index in [0.29, 0.717) is 25.2 Å². The smallest absolute Gasteiger partial charge is 0.307 e. The monoisotopic (exact) mass is 257 g/mol. The van der Waals surface area contributed by atoms with Crippen molar-refractivity contribution in [2.45, 2.75) is 45.6 Å². The van der Waals surface area contributed by atoms with Crippen LogP contribution in [0.15, 0.2) is 0 Å². The quantitative estimate of drug-likeness (QED) is 0.686.